The fraction of sp³-hybridized carbons (Fsp3) is 0.727. The quantitative estimate of drug-likeness (QED) is 0.449. The topological polar surface area (TPSA) is 76.0 Å². The van der Waals surface area contributed by atoms with Crippen molar-refractivity contribution in [2.45, 2.75) is 45.6 Å². The lowest BCUT2D eigenvalue weighted by Crippen LogP contribution is -2.24. The van der Waals surface area contributed by atoms with Crippen molar-refractivity contribution in [2.75, 3.05) is 0 Å². The van der Waals surface area contributed by atoms with E-state index in [1.165, 1.54) is 6.92 Å². The molecule has 1 N–H and O–H groups in total. The second-order valence-corrected chi connectivity index (χ2v) is 4.29. The third-order valence-electron chi connectivity index (χ3n) is 2.79. The minimum absolute atomic E-state index is 0.0510. The molecule has 90 valence electrons. The van der Waals surface area contributed by atoms with Crippen LogP contribution in [0.5, 0.6) is 0 Å². The van der Waals surface area contributed by atoms with Gasteiger partial charge in [-0.3, -0.25) is 4.79 Å². The maximum absolute atomic E-state index is 10.9. The number of hydrogen-bond acceptors (Lipinski definition) is 4. The molecule has 5 heteroatoms. The summed E-state index contributed by atoms with van der Waals surface area (Å²) in [6, 6.07) is 0. The van der Waals surface area contributed by atoms with Crippen molar-refractivity contribution in [2.24, 2.45) is 11.1 Å². The summed E-state index contributed by atoms with van der Waals surface area (Å²) in [5.74, 6) is -1.23. The molecule has 16 heavy (non-hydrogen) atoms. The Labute approximate surface area is 94.5 Å². The molecular weight excluding hydrogens is 210 g/mol. The molecule has 0 saturated heterocycles. The van der Waals surface area contributed by atoms with Gasteiger partial charge in [0.25, 0.3) is 0 Å². The summed E-state index contributed by atoms with van der Waals surface area (Å²) in [7, 11) is 0. The minimum atomic E-state index is -1.34. The number of nitrogens with zero attached hydrogens (tertiary/aromatic N) is 1. The maximum atomic E-state index is 10.9. The van der Waals surface area contributed by atoms with Crippen molar-refractivity contribution in [1.29, 1.82) is 0 Å². The van der Waals surface area contributed by atoms with Crippen LogP contribution < -0.4 is 0 Å². The third kappa shape index (κ3) is 3.64. The fourth-order valence-electron chi connectivity index (χ4n) is 1.72. The first kappa shape index (κ1) is 12.7. The number of carbonyl (C=O) groups is 2. The number of aliphatic carboxylic acids is 1. The van der Waals surface area contributed by atoms with Crippen LogP contribution >= 0.6 is 0 Å². The van der Waals surface area contributed by atoms with Crippen LogP contribution in [0, 0.1) is 5.92 Å². The molecule has 0 aromatic carbocycles. The van der Waals surface area contributed by atoms with Crippen LogP contribution in [-0.2, 0) is 14.4 Å². The standard InChI is InChI=1S/C11H17NO4/c1-7-3-5-9(6-4-7)16-12-10(8(2)13)11(14)15/h7,9H,3-6H2,1-2H3,(H,14,15). The molecule has 0 atom stereocenters. The SMILES string of the molecule is CC(=O)C(=NOC1CCC(C)CC1)C(=O)O. The van der Waals surface area contributed by atoms with E-state index >= 15 is 0 Å². The first-order valence-electron chi connectivity index (χ1n) is 5.48. The zero-order chi connectivity index (χ0) is 12.1. The monoisotopic (exact) mass is 227 g/mol. The van der Waals surface area contributed by atoms with Gasteiger partial charge in [0.15, 0.2) is 5.78 Å². The number of Topliss-reactive ketones (excluding diaryl/α,β-unsaturated/α-hetero) is 1. The summed E-state index contributed by atoms with van der Waals surface area (Å²) in [6.45, 7) is 3.34. The molecule has 0 aliphatic heterocycles. The molecule has 1 rings (SSSR count). The molecular formula is C11H17NO4. The fourth-order valence-corrected chi connectivity index (χ4v) is 1.72. The van der Waals surface area contributed by atoms with Crippen LogP contribution in [0.2, 0.25) is 0 Å². The van der Waals surface area contributed by atoms with Crippen molar-refractivity contribution >= 4 is 17.5 Å². The highest BCUT2D eigenvalue weighted by molar-refractivity contribution is 6.63. The summed E-state index contributed by atoms with van der Waals surface area (Å²) in [6.07, 6.45) is 3.81. The Balaban J connectivity index is 2.50. The van der Waals surface area contributed by atoms with Gasteiger partial charge in [0.05, 0.1) is 0 Å². The van der Waals surface area contributed by atoms with Gasteiger partial charge in [-0.25, -0.2) is 4.79 Å². The Morgan fingerprint density at radius 3 is 2.25 bits per heavy atom. The van der Waals surface area contributed by atoms with E-state index in [-0.39, 0.29) is 6.10 Å². The van der Waals surface area contributed by atoms with Gasteiger partial charge in [0.2, 0.25) is 5.71 Å². The number of oxime groups is 1. The summed E-state index contributed by atoms with van der Waals surface area (Å²) in [5, 5.41) is 12.1. The first-order valence-corrected chi connectivity index (χ1v) is 5.48. The summed E-state index contributed by atoms with van der Waals surface area (Å²) in [4.78, 5) is 26.7. The highest BCUT2D eigenvalue weighted by atomic mass is 16.6. The summed E-state index contributed by atoms with van der Waals surface area (Å²) >= 11 is 0. The second-order valence-electron chi connectivity index (χ2n) is 4.29. The average molecular weight is 227 g/mol. The molecule has 0 heterocycles. The molecule has 0 unspecified atom stereocenters. The molecule has 1 saturated carbocycles. The number of carboxylic acids is 1. The van der Waals surface area contributed by atoms with Crippen molar-refractivity contribution in [3.05, 3.63) is 0 Å². The summed E-state index contributed by atoms with van der Waals surface area (Å²) < 4.78 is 0. The van der Waals surface area contributed by atoms with Gasteiger partial charge in [-0.15, -0.1) is 0 Å². The zero-order valence-electron chi connectivity index (χ0n) is 9.60. The van der Waals surface area contributed by atoms with Crippen LogP contribution in [0.3, 0.4) is 0 Å². The van der Waals surface area contributed by atoms with Gasteiger partial charge in [0, 0.05) is 6.92 Å². The van der Waals surface area contributed by atoms with E-state index < -0.39 is 17.5 Å². The number of ketones is 1. The van der Waals surface area contributed by atoms with Crippen LogP contribution in [0.25, 0.3) is 0 Å². The Morgan fingerprint density at radius 1 is 1.25 bits per heavy atom. The highest BCUT2D eigenvalue weighted by Crippen LogP contribution is 2.25. The third-order valence-corrected chi connectivity index (χ3v) is 2.79. The van der Waals surface area contributed by atoms with Crippen molar-refractivity contribution in [1.82, 2.24) is 0 Å². The predicted octanol–water partition coefficient (Wildman–Crippen LogP) is 1.61. The number of rotatable bonds is 4. The van der Waals surface area contributed by atoms with E-state index in [1.54, 1.807) is 0 Å². The molecule has 1 fully saturated rings. The van der Waals surface area contributed by atoms with Crippen LogP contribution in [-0.4, -0.2) is 28.7 Å². The van der Waals surface area contributed by atoms with E-state index in [0.717, 1.165) is 25.7 Å². The van der Waals surface area contributed by atoms with E-state index in [1.807, 2.05) is 0 Å². The molecule has 5 nitrogen and oxygen atoms in total. The molecule has 0 aromatic rings. The Morgan fingerprint density at radius 2 is 1.81 bits per heavy atom. The lowest BCUT2D eigenvalue weighted by atomic mass is 9.89. The van der Waals surface area contributed by atoms with Crippen molar-refractivity contribution in [3.8, 4) is 0 Å². The van der Waals surface area contributed by atoms with Gasteiger partial charge in [-0.05, 0) is 31.6 Å². The number of carboxylic acid groups (broad SMARTS) is 1. The lowest BCUT2D eigenvalue weighted by molar-refractivity contribution is -0.130. The van der Waals surface area contributed by atoms with Gasteiger partial charge in [-0.1, -0.05) is 12.1 Å². The van der Waals surface area contributed by atoms with Gasteiger partial charge >= 0.3 is 5.97 Å². The average Bonchev–Trinajstić information content (AvgIpc) is 2.20. The molecule has 0 amide bonds. The Bertz CT molecular complexity index is 287. The minimum Gasteiger partial charge on any atom is -0.476 e. The largest absolute Gasteiger partial charge is 0.476 e. The van der Waals surface area contributed by atoms with E-state index in [9.17, 15) is 9.59 Å². The van der Waals surface area contributed by atoms with Crippen molar-refractivity contribution < 1.29 is 19.5 Å². The number of hydrogen-bond donors (Lipinski definition) is 1. The van der Waals surface area contributed by atoms with Gasteiger partial charge in [-0.2, -0.15) is 0 Å². The van der Waals surface area contributed by atoms with Gasteiger partial charge in [0.1, 0.15) is 6.10 Å². The normalized spacial score (nSPS) is 26.2. The van der Waals surface area contributed by atoms with Crippen LogP contribution in [0.1, 0.15) is 39.5 Å². The predicted molar refractivity (Wildman–Crippen MR) is 58.3 cm³/mol. The van der Waals surface area contributed by atoms with E-state index in [0.29, 0.717) is 5.92 Å². The molecule has 0 spiro atoms. The van der Waals surface area contributed by atoms with Crippen LogP contribution in [0.15, 0.2) is 5.16 Å². The highest BCUT2D eigenvalue weighted by Gasteiger charge is 2.21. The van der Waals surface area contributed by atoms with E-state index in [4.69, 9.17) is 9.94 Å². The zero-order valence-corrected chi connectivity index (χ0v) is 9.60. The van der Waals surface area contributed by atoms with Gasteiger partial charge < -0.3 is 9.94 Å². The number of carbonyl (C=O) groups excluding carboxylic acids is 1. The summed E-state index contributed by atoms with van der Waals surface area (Å²) in [5.41, 5.74) is -0.529. The Kier molecular flexibility index (Phi) is 4.46. The maximum Gasteiger partial charge on any atom is 0.361 e. The van der Waals surface area contributed by atoms with E-state index in [2.05, 4.69) is 12.1 Å². The Hall–Kier alpha value is -1.39. The molecule has 0 bridgehead atoms. The van der Waals surface area contributed by atoms with Crippen LogP contribution in [0.4, 0.5) is 0 Å². The van der Waals surface area contributed by atoms with Crippen molar-refractivity contribution in [3.63, 3.8) is 0 Å². The molecule has 0 radical (unpaired) electrons. The smallest absolute Gasteiger partial charge is 0.361 e. The molecule has 1 aliphatic rings. The second kappa shape index (κ2) is 5.63. The molecule has 0 aromatic heterocycles. The molecule has 1 aliphatic carbocycles. The first-order chi connectivity index (χ1) is 7.50. The lowest BCUT2D eigenvalue weighted by Gasteiger charge is -2.24.